The maximum absolute atomic E-state index is 5.94. The van der Waals surface area contributed by atoms with E-state index in [1.807, 2.05) is 6.92 Å². The molecule has 0 saturated carbocycles. The van der Waals surface area contributed by atoms with Crippen LogP contribution in [0, 0.1) is 6.92 Å². The highest BCUT2D eigenvalue weighted by Gasteiger charge is 2.02. The van der Waals surface area contributed by atoms with Crippen molar-refractivity contribution in [1.82, 2.24) is 4.98 Å². The Balaban J connectivity index is 2.17. The van der Waals surface area contributed by atoms with Gasteiger partial charge in [0.05, 0.1) is 5.52 Å². The van der Waals surface area contributed by atoms with Gasteiger partial charge in [-0.3, -0.25) is 4.98 Å². The largest absolute Gasteiger partial charge is 0.328 e. The zero-order valence-electron chi connectivity index (χ0n) is 10.6. The second-order valence-electron chi connectivity index (χ2n) is 4.69. The maximum Gasteiger partial charge on any atom is 0.0705 e. The third-order valence-electron chi connectivity index (χ3n) is 3.22. The number of rotatable bonds is 4. The Kier molecular flexibility index (Phi) is 3.75. The number of hydrogen-bond donors (Lipinski definition) is 1. The molecule has 0 bridgehead atoms. The first-order valence-electron chi connectivity index (χ1n) is 6.31. The van der Waals surface area contributed by atoms with Crippen LogP contribution in [0.25, 0.3) is 10.9 Å². The van der Waals surface area contributed by atoms with Crippen LogP contribution >= 0.6 is 0 Å². The van der Waals surface area contributed by atoms with Crippen molar-refractivity contribution in [3.8, 4) is 0 Å². The van der Waals surface area contributed by atoms with Crippen LogP contribution in [0.4, 0.5) is 0 Å². The van der Waals surface area contributed by atoms with Crippen molar-refractivity contribution in [2.75, 3.05) is 0 Å². The molecule has 2 N–H and O–H groups in total. The van der Waals surface area contributed by atoms with Gasteiger partial charge in [-0.15, -0.1) is 0 Å². The minimum absolute atomic E-state index is 0.321. The lowest BCUT2D eigenvalue weighted by Gasteiger charge is -2.09. The number of aromatic nitrogens is 1. The number of benzene rings is 1. The van der Waals surface area contributed by atoms with Crippen LogP contribution in [0.1, 0.15) is 31.0 Å². The zero-order chi connectivity index (χ0) is 12.3. The monoisotopic (exact) mass is 228 g/mol. The smallest absolute Gasteiger partial charge is 0.0705 e. The molecule has 2 aromatic rings. The first-order chi connectivity index (χ1) is 8.19. The summed E-state index contributed by atoms with van der Waals surface area (Å²) in [6, 6.07) is 11.0. The predicted molar refractivity (Wildman–Crippen MR) is 73.1 cm³/mol. The van der Waals surface area contributed by atoms with Gasteiger partial charge in [0.25, 0.3) is 0 Å². The summed E-state index contributed by atoms with van der Waals surface area (Å²) in [6.45, 7) is 4.16. The molecule has 0 aliphatic rings. The van der Waals surface area contributed by atoms with Crippen molar-refractivity contribution >= 4 is 10.9 Å². The van der Waals surface area contributed by atoms with E-state index >= 15 is 0 Å². The summed E-state index contributed by atoms with van der Waals surface area (Å²) in [7, 11) is 0. The molecular weight excluding hydrogens is 208 g/mol. The molecule has 90 valence electrons. The summed E-state index contributed by atoms with van der Waals surface area (Å²) in [5.41, 5.74) is 9.44. The Labute approximate surface area is 103 Å². The molecule has 0 aliphatic heterocycles. The molecule has 1 atom stereocenters. The second kappa shape index (κ2) is 5.28. The lowest BCUT2D eigenvalue weighted by atomic mass is 10.0. The molecule has 17 heavy (non-hydrogen) atoms. The van der Waals surface area contributed by atoms with Crippen molar-refractivity contribution < 1.29 is 0 Å². The van der Waals surface area contributed by atoms with Crippen molar-refractivity contribution in [3.05, 3.63) is 41.6 Å². The van der Waals surface area contributed by atoms with E-state index in [0.29, 0.717) is 6.04 Å². The molecule has 0 spiro atoms. The fourth-order valence-electron chi connectivity index (χ4n) is 1.99. The van der Waals surface area contributed by atoms with Gasteiger partial charge in [0.2, 0.25) is 0 Å². The summed E-state index contributed by atoms with van der Waals surface area (Å²) < 4.78 is 0. The highest BCUT2D eigenvalue weighted by Crippen LogP contribution is 2.16. The molecule has 2 nitrogen and oxygen atoms in total. The van der Waals surface area contributed by atoms with Crippen molar-refractivity contribution in [2.45, 2.75) is 39.2 Å². The fraction of sp³-hybridized carbons (Fsp3) is 0.400. The van der Waals surface area contributed by atoms with E-state index in [1.165, 1.54) is 10.9 Å². The topological polar surface area (TPSA) is 38.9 Å². The molecule has 0 aliphatic carbocycles. The maximum atomic E-state index is 5.94. The van der Waals surface area contributed by atoms with Gasteiger partial charge in [-0.25, -0.2) is 0 Å². The van der Waals surface area contributed by atoms with Crippen LogP contribution in [-0.2, 0) is 6.42 Å². The van der Waals surface area contributed by atoms with Gasteiger partial charge in [-0.1, -0.05) is 19.1 Å². The number of aryl methyl sites for hydroxylation is 2. The molecule has 1 heterocycles. The lowest BCUT2D eigenvalue weighted by molar-refractivity contribution is 0.596. The molecule has 1 aromatic heterocycles. The van der Waals surface area contributed by atoms with E-state index in [4.69, 9.17) is 5.73 Å². The van der Waals surface area contributed by atoms with Crippen LogP contribution in [0.15, 0.2) is 30.3 Å². The number of fused-ring (bicyclic) bond motifs is 1. The number of pyridine rings is 1. The highest BCUT2D eigenvalue weighted by molar-refractivity contribution is 5.79. The van der Waals surface area contributed by atoms with Crippen molar-refractivity contribution in [2.24, 2.45) is 5.73 Å². The summed E-state index contributed by atoms with van der Waals surface area (Å²) >= 11 is 0. The third kappa shape index (κ3) is 3.04. The van der Waals surface area contributed by atoms with E-state index in [2.05, 4.69) is 42.2 Å². The fourth-order valence-corrected chi connectivity index (χ4v) is 1.99. The lowest BCUT2D eigenvalue weighted by Crippen LogP contribution is -2.19. The van der Waals surface area contributed by atoms with E-state index < -0.39 is 0 Å². The van der Waals surface area contributed by atoms with Gasteiger partial charge in [0.15, 0.2) is 0 Å². The number of hydrogen-bond acceptors (Lipinski definition) is 2. The highest BCUT2D eigenvalue weighted by atomic mass is 14.7. The van der Waals surface area contributed by atoms with E-state index in [9.17, 15) is 0 Å². The third-order valence-corrected chi connectivity index (χ3v) is 3.22. The van der Waals surface area contributed by atoms with Crippen LogP contribution in [0.2, 0.25) is 0 Å². The summed E-state index contributed by atoms with van der Waals surface area (Å²) in [5, 5.41) is 1.22. The van der Waals surface area contributed by atoms with Crippen LogP contribution in [-0.4, -0.2) is 11.0 Å². The zero-order valence-corrected chi connectivity index (χ0v) is 10.6. The van der Waals surface area contributed by atoms with Crippen molar-refractivity contribution in [3.63, 3.8) is 0 Å². The van der Waals surface area contributed by atoms with Gasteiger partial charge < -0.3 is 5.73 Å². The first-order valence-corrected chi connectivity index (χ1v) is 6.31. The Morgan fingerprint density at radius 1 is 1.24 bits per heavy atom. The van der Waals surface area contributed by atoms with E-state index in [0.717, 1.165) is 30.5 Å². The Hall–Kier alpha value is -1.41. The van der Waals surface area contributed by atoms with Gasteiger partial charge >= 0.3 is 0 Å². The minimum Gasteiger partial charge on any atom is -0.328 e. The quantitative estimate of drug-likeness (QED) is 0.872. The molecule has 0 fully saturated rings. The van der Waals surface area contributed by atoms with Crippen molar-refractivity contribution in [1.29, 1.82) is 0 Å². The van der Waals surface area contributed by atoms with E-state index in [-0.39, 0.29) is 0 Å². The average molecular weight is 228 g/mol. The predicted octanol–water partition coefficient (Wildman–Crippen LogP) is 3.21. The molecule has 1 unspecified atom stereocenters. The second-order valence-corrected chi connectivity index (χ2v) is 4.69. The molecule has 2 heteroatoms. The van der Waals surface area contributed by atoms with E-state index in [1.54, 1.807) is 0 Å². The minimum atomic E-state index is 0.321. The Bertz CT molecular complexity index is 505. The average Bonchev–Trinajstić information content (AvgIpc) is 2.35. The Morgan fingerprint density at radius 2 is 2.06 bits per heavy atom. The molecular formula is C15H20N2. The van der Waals surface area contributed by atoms with Gasteiger partial charge in [0.1, 0.15) is 0 Å². The van der Waals surface area contributed by atoms with Crippen LogP contribution in [0.3, 0.4) is 0 Å². The molecule has 1 aromatic carbocycles. The number of nitrogens with two attached hydrogens (primary N) is 1. The molecule has 0 saturated heterocycles. The number of nitrogens with zero attached hydrogens (tertiary/aromatic N) is 1. The summed E-state index contributed by atoms with van der Waals surface area (Å²) in [4.78, 5) is 4.50. The van der Waals surface area contributed by atoms with Crippen LogP contribution in [0.5, 0.6) is 0 Å². The standard InChI is InChI=1S/C15H20N2/c1-3-14(16)8-5-12-6-9-15-13(10-12)7-4-11(2)17-15/h4,6-7,9-10,14H,3,5,8,16H2,1-2H3. The Morgan fingerprint density at radius 3 is 2.82 bits per heavy atom. The molecule has 2 rings (SSSR count). The van der Waals surface area contributed by atoms with Gasteiger partial charge in [0, 0.05) is 17.1 Å². The molecule has 0 amide bonds. The SMILES string of the molecule is CCC(N)CCc1ccc2nc(C)ccc2c1. The summed E-state index contributed by atoms with van der Waals surface area (Å²) in [6.07, 6.45) is 3.16. The van der Waals surface area contributed by atoms with Crippen LogP contribution < -0.4 is 5.73 Å². The van der Waals surface area contributed by atoms with Gasteiger partial charge in [-0.2, -0.15) is 0 Å². The first kappa shape index (κ1) is 12.1. The molecule has 0 radical (unpaired) electrons. The van der Waals surface area contributed by atoms with Gasteiger partial charge in [-0.05, 0) is 49.9 Å². The summed E-state index contributed by atoms with van der Waals surface area (Å²) in [5.74, 6) is 0. The normalized spacial score (nSPS) is 12.9.